The quantitative estimate of drug-likeness (QED) is 0.747. The van der Waals surface area contributed by atoms with Crippen LogP contribution in [-0.4, -0.2) is 5.11 Å². The first-order chi connectivity index (χ1) is 7.46. The van der Waals surface area contributed by atoms with Crippen LogP contribution in [0.15, 0.2) is 24.3 Å². The molecule has 1 aliphatic carbocycles. The van der Waals surface area contributed by atoms with Crippen LogP contribution in [0.5, 0.6) is 5.75 Å². The maximum absolute atomic E-state index is 9.37. The summed E-state index contributed by atoms with van der Waals surface area (Å²) in [5.74, 6) is 0.362. The molecule has 1 aliphatic rings. The summed E-state index contributed by atoms with van der Waals surface area (Å²) in [7, 11) is 0. The highest BCUT2D eigenvalue weighted by Gasteiger charge is 2.43. The molecule has 1 aromatic carbocycles. The van der Waals surface area contributed by atoms with Crippen LogP contribution in [0.3, 0.4) is 0 Å². The first-order valence-electron chi connectivity index (χ1n) is 6.25. The number of hydrogen-bond acceptors (Lipinski definition) is 1. The average Bonchev–Trinajstić information content (AvgIpc) is 2.23. The molecule has 1 nitrogen and oxygen atoms in total. The van der Waals surface area contributed by atoms with E-state index in [4.69, 9.17) is 0 Å². The standard InChI is InChI=1S/C15H22O/c1-14(2)10-4-5-11-15(14,3)12-6-8-13(16)9-7-12/h6-9,16H,4-5,10-11H2,1-3H3. The van der Waals surface area contributed by atoms with E-state index >= 15 is 0 Å². The predicted octanol–water partition coefficient (Wildman–Crippen LogP) is 4.25. The number of aromatic hydroxyl groups is 1. The minimum absolute atomic E-state index is 0.249. The van der Waals surface area contributed by atoms with Gasteiger partial charge in [0.25, 0.3) is 0 Å². The Hall–Kier alpha value is -0.980. The molecule has 0 amide bonds. The molecule has 0 aliphatic heterocycles. The van der Waals surface area contributed by atoms with Gasteiger partial charge in [0.1, 0.15) is 5.75 Å². The van der Waals surface area contributed by atoms with Gasteiger partial charge in [0.2, 0.25) is 0 Å². The van der Waals surface area contributed by atoms with Gasteiger partial charge in [-0.25, -0.2) is 0 Å². The van der Waals surface area contributed by atoms with Crippen molar-refractivity contribution in [3.05, 3.63) is 29.8 Å². The third-order valence-corrected chi connectivity index (χ3v) is 4.73. The molecule has 0 bridgehead atoms. The molecule has 1 heteroatoms. The SMILES string of the molecule is CC1(C)CCCCC1(C)c1ccc(O)cc1. The highest BCUT2D eigenvalue weighted by atomic mass is 16.3. The largest absolute Gasteiger partial charge is 0.508 e. The third-order valence-electron chi connectivity index (χ3n) is 4.73. The van der Waals surface area contributed by atoms with Gasteiger partial charge in [-0.2, -0.15) is 0 Å². The minimum atomic E-state index is 0.249. The van der Waals surface area contributed by atoms with Gasteiger partial charge >= 0.3 is 0 Å². The van der Waals surface area contributed by atoms with Crippen molar-refractivity contribution in [2.24, 2.45) is 5.41 Å². The number of phenols is 1. The summed E-state index contributed by atoms with van der Waals surface area (Å²) < 4.78 is 0. The minimum Gasteiger partial charge on any atom is -0.508 e. The second-order valence-corrected chi connectivity index (χ2v) is 5.97. The molecule has 1 fully saturated rings. The van der Waals surface area contributed by atoms with Crippen molar-refractivity contribution < 1.29 is 5.11 Å². The molecule has 1 N–H and O–H groups in total. The first-order valence-corrected chi connectivity index (χ1v) is 6.25. The van der Waals surface area contributed by atoms with Crippen LogP contribution in [0.25, 0.3) is 0 Å². The van der Waals surface area contributed by atoms with Crippen molar-refractivity contribution in [1.82, 2.24) is 0 Å². The molecule has 0 aromatic heterocycles. The van der Waals surface area contributed by atoms with Crippen LogP contribution in [-0.2, 0) is 5.41 Å². The first kappa shape index (κ1) is 11.5. The molecule has 0 radical (unpaired) electrons. The summed E-state index contributed by atoms with van der Waals surface area (Å²) in [5, 5.41) is 9.37. The molecule has 0 heterocycles. The summed E-state index contributed by atoms with van der Waals surface area (Å²) >= 11 is 0. The lowest BCUT2D eigenvalue weighted by Crippen LogP contribution is -2.41. The fourth-order valence-electron chi connectivity index (χ4n) is 3.02. The second kappa shape index (κ2) is 3.80. The number of hydrogen-bond donors (Lipinski definition) is 1. The van der Waals surface area contributed by atoms with Gasteiger partial charge in [0.15, 0.2) is 0 Å². The highest BCUT2D eigenvalue weighted by Crippen LogP contribution is 2.51. The van der Waals surface area contributed by atoms with E-state index in [9.17, 15) is 5.11 Å². The number of rotatable bonds is 1. The number of phenolic OH excluding ortho intramolecular Hbond substituents is 1. The van der Waals surface area contributed by atoms with Crippen LogP contribution in [0.1, 0.15) is 52.0 Å². The summed E-state index contributed by atoms with van der Waals surface area (Å²) in [6.45, 7) is 7.12. The average molecular weight is 218 g/mol. The van der Waals surface area contributed by atoms with Gasteiger partial charge in [-0.05, 0) is 41.4 Å². The van der Waals surface area contributed by atoms with Gasteiger partial charge in [-0.1, -0.05) is 45.7 Å². The molecule has 1 aromatic rings. The molecular weight excluding hydrogens is 196 g/mol. The molecule has 88 valence electrons. The van der Waals surface area contributed by atoms with Crippen molar-refractivity contribution in [3.63, 3.8) is 0 Å². The van der Waals surface area contributed by atoms with Gasteiger partial charge in [0.05, 0.1) is 0 Å². The molecule has 1 atom stereocenters. The summed E-state index contributed by atoms with van der Waals surface area (Å²) in [5.41, 5.74) is 1.97. The zero-order valence-electron chi connectivity index (χ0n) is 10.6. The molecule has 0 saturated heterocycles. The molecular formula is C15H22O. The Bertz CT molecular complexity index is 364. The van der Waals surface area contributed by atoms with E-state index in [-0.39, 0.29) is 5.41 Å². The van der Waals surface area contributed by atoms with E-state index in [1.165, 1.54) is 31.2 Å². The van der Waals surface area contributed by atoms with Crippen molar-refractivity contribution in [2.45, 2.75) is 51.9 Å². The predicted molar refractivity (Wildman–Crippen MR) is 67.7 cm³/mol. The van der Waals surface area contributed by atoms with Crippen LogP contribution in [0.4, 0.5) is 0 Å². The Balaban J connectivity index is 2.39. The molecule has 1 unspecified atom stereocenters. The van der Waals surface area contributed by atoms with E-state index < -0.39 is 0 Å². The van der Waals surface area contributed by atoms with Crippen molar-refractivity contribution in [2.75, 3.05) is 0 Å². The lowest BCUT2D eigenvalue weighted by Gasteiger charge is -2.48. The monoisotopic (exact) mass is 218 g/mol. The Morgan fingerprint density at radius 3 is 2.06 bits per heavy atom. The van der Waals surface area contributed by atoms with Gasteiger partial charge in [-0.15, -0.1) is 0 Å². The Kier molecular flexibility index (Phi) is 2.73. The van der Waals surface area contributed by atoms with E-state index in [0.29, 0.717) is 11.2 Å². The van der Waals surface area contributed by atoms with Crippen LogP contribution >= 0.6 is 0 Å². The lowest BCUT2D eigenvalue weighted by atomic mass is 9.56. The summed E-state index contributed by atoms with van der Waals surface area (Å²) in [6.07, 6.45) is 5.22. The van der Waals surface area contributed by atoms with Crippen molar-refractivity contribution in [3.8, 4) is 5.75 Å². The second-order valence-electron chi connectivity index (χ2n) is 5.97. The van der Waals surface area contributed by atoms with Crippen molar-refractivity contribution >= 4 is 0 Å². The van der Waals surface area contributed by atoms with E-state index in [1.54, 1.807) is 0 Å². The fraction of sp³-hybridized carbons (Fsp3) is 0.600. The van der Waals surface area contributed by atoms with Crippen LogP contribution in [0, 0.1) is 5.41 Å². The summed E-state index contributed by atoms with van der Waals surface area (Å²) in [4.78, 5) is 0. The van der Waals surface area contributed by atoms with E-state index in [0.717, 1.165) is 0 Å². The molecule has 1 saturated carbocycles. The zero-order chi connectivity index (χ0) is 11.8. The van der Waals surface area contributed by atoms with Gasteiger partial charge in [0, 0.05) is 0 Å². The van der Waals surface area contributed by atoms with E-state index in [1.807, 2.05) is 12.1 Å². The number of benzene rings is 1. The maximum Gasteiger partial charge on any atom is 0.115 e. The Labute approximate surface area is 98.5 Å². The Morgan fingerprint density at radius 1 is 0.938 bits per heavy atom. The fourth-order valence-corrected chi connectivity index (χ4v) is 3.02. The van der Waals surface area contributed by atoms with Crippen molar-refractivity contribution in [1.29, 1.82) is 0 Å². The van der Waals surface area contributed by atoms with Gasteiger partial charge in [-0.3, -0.25) is 0 Å². The smallest absolute Gasteiger partial charge is 0.115 e. The Morgan fingerprint density at radius 2 is 1.50 bits per heavy atom. The topological polar surface area (TPSA) is 20.2 Å². The molecule has 2 rings (SSSR count). The molecule has 16 heavy (non-hydrogen) atoms. The lowest BCUT2D eigenvalue weighted by molar-refractivity contribution is 0.109. The maximum atomic E-state index is 9.37. The normalized spacial score (nSPS) is 28.9. The summed E-state index contributed by atoms with van der Waals surface area (Å²) in [6, 6.07) is 7.79. The zero-order valence-corrected chi connectivity index (χ0v) is 10.6. The van der Waals surface area contributed by atoms with Gasteiger partial charge < -0.3 is 5.11 Å². The third kappa shape index (κ3) is 1.73. The highest BCUT2D eigenvalue weighted by molar-refractivity contribution is 5.33. The van der Waals surface area contributed by atoms with E-state index in [2.05, 4.69) is 32.9 Å². The molecule has 0 spiro atoms. The van der Waals surface area contributed by atoms with Crippen LogP contribution in [0.2, 0.25) is 0 Å². The van der Waals surface area contributed by atoms with Crippen LogP contribution < -0.4 is 0 Å².